The van der Waals surface area contributed by atoms with Gasteiger partial charge in [0.2, 0.25) is 5.69 Å². The second-order valence-electron chi connectivity index (χ2n) is 3.85. The van der Waals surface area contributed by atoms with E-state index in [9.17, 15) is 15.3 Å². The van der Waals surface area contributed by atoms with Crippen molar-refractivity contribution in [3.8, 4) is 0 Å². The lowest BCUT2D eigenvalue weighted by atomic mass is 10.2. The van der Waals surface area contributed by atoms with Gasteiger partial charge in [-0.15, -0.1) is 0 Å². The summed E-state index contributed by atoms with van der Waals surface area (Å²) in [5, 5.41) is 22.6. The Morgan fingerprint density at radius 2 is 2.11 bits per heavy atom. The number of aryl methyl sites for hydroxylation is 1. The third kappa shape index (κ3) is 2.34. The molecule has 0 radical (unpaired) electrons. The van der Waals surface area contributed by atoms with E-state index < -0.39 is 9.99 Å². The molecular formula is C12H11N3O3. The van der Waals surface area contributed by atoms with Crippen LogP contribution >= 0.6 is 0 Å². The van der Waals surface area contributed by atoms with E-state index >= 15 is 0 Å². The second kappa shape index (κ2) is 4.91. The van der Waals surface area contributed by atoms with Crippen LogP contribution in [0.4, 0.5) is 17.1 Å². The number of rotatable bonds is 3. The fourth-order valence-electron chi connectivity index (χ4n) is 1.66. The lowest BCUT2D eigenvalue weighted by Crippen LogP contribution is -2.96. The summed E-state index contributed by atoms with van der Waals surface area (Å²) < 4.78 is 0. The number of aromatic nitrogens is 1. The quantitative estimate of drug-likeness (QED) is 0.658. The summed E-state index contributed by atoms with van der Waals surface area (Å²) in [6.07, 6.45) is 2.52. The maximum absolute atomic E-state index is 12.2. The second-order valence-corrected chi connectivity index (χ2v) is 3.85. The maximum Gasteiger partial charge on any atom is 0.333 e. The van der Waals surface area contributed by atoms with E-state index in [2.05, 4.69) is 4.98 Å². The van der Waals surface area contributed by atoms with Gasteiger partial charge in [-0.2, -0.15) is 0 Å². The Labute approximate surface area is 103 Å². The van der Waals surface area contributed by atoms with Crippen LogP contribution in [-0.4, -0.2) is 9.91 Å². The van der Waals surface area contributed by atoms with Gasteiger partial charge in [-0.1, -0.05) is 12.1 Å². The summed E-state index contributed by atoms with van der Waals surface area (Å²) >= 11 is 0. The summed E-state index contributed by atoms with van der Waals surface area (Å²) in [6, 6.07) is 8.15. The molecule has 0 amide bonds. The monoisotopic (exact) mass is 245 g/mol. The van der Waals surface area contributed by atoms with Crippen LogP contribution in [0.3, 0.4) is 0 Å². The van der Waals surface area contributed by atoms with Crippen molar-refractivity contribution < 1.29 is 9.99 Å². The molecule has 1 aromatic carbocycles. The number of nitrogens with zero attached hydrogens (tertiary/aromatic N) is 2. The van der Waals surface area contributed by atoms with Gasteiger partial charge >= 0.3 is 5.69 Å². The largest absolute Gasteiger partial charge is 0.623 e. The number of nitrogens with one attached hydrogen (secondary N) is 1. The number of quaternary nitrogens is 1. The molecule has 1 heterocycles. The molecule has 0 saturated carbocycles. The zero-order valence-corrected chi connectivity index (χ0v) is 9.66. The van der Waals surface area contributed by atoms with Crippen LogP contribution in [0.25, 0.3) is 0 Å². The Hall–Kier alpha value is -2.31. The Balaban J connectivity index is 2.46. The molecule has 0 spiro atoms. The standard InChI is InChI=1S/C12H11N3O3/c1-9-3-2-4-10(7-9)14(16)12-8-13-6-5-11(12)15(17)18/h2-8,14H,1H3. The van der Waals surface area contributed by atoms with E-state index in [0.717, 1.165) is 5.56 Å². The normalized spacial score (nSPS) is 12.1. The van der Waals surface area contributed by atoms with Gasteiger partial charge in [0.1, 0.15) is 5.69 Å². The number of hydrogen-bond acceptors (Lipinski definition) is 4. The molecule has 0 aliphatic carbocycles. The van der Waals surface area contributed by atoms with Crippen LogP contribution in [0, 0.1) is 22.2 Å². The van der Waals surface area contributed by atoms with Crippen LogP contribution in [0.15, 0.2) is 42.7 Å². The maximum atomic E-state index is 12.2. The fraction of sp³-hybridized carbons (Fsp3) is 0.0833. The lowest BCUT2D eigenvalue weighted by molar-refractivity contribution is -0.701. The first kappa shape index (κ1) is 12.2. The molecule has 0 bridgehead atoms. The van der Waals surface area contributed by atoms with Crippen molar-refractivity contribution in [3.63, 3.8) is 0 Å². The molecule has 0 fully saturated rings. The van der Waals surface area contributed by atoms with Crippen LogP contribution in [-0.2, 0) is 0 Å². The summed E-state index contributed by atoms with van der Waals surface area (Å²) in [7, 11) is 0. The average Bonchev–Trinajstić information content (AvgIpc) is 2.38. The van der Waals surface area contributed by atoms with Gasteiger partial charge in [0.15, 0.2) is 0 Å². The van der Waals surface area contributed by atoms with Gasteiger partial charge in [0.25, 0.3) is 0 Å². The Morgan fingerprint density at radius 3 is 2.78 bits per heavy atom. The molecule has 92 valence electrons. The van der Waals surface area contributed by atoms with Gasteiger partial charge in [-0.25, -0.2) is 0 Å². The van der Waals surface area contributed by atoms with Crippen molar-refractivity contribution >= 4 is 17.1 Å². The summed E-state index contributed by atoms with van der Waals surface area (Å²) in [5.74, 6) is 0. The first-order valence-electron chi connectivity index (χ1n) is 5.29. The van der Waals surface area contributed by atoms with E-state index in [-0.39, 0.29) is 11.4 Å². The molecule has 1 unspecified atom stereocenters. The molecule has 0 aliphatic rings. The van der Waals surface area contributed by atoms with E-state index in [1.165, 1.54) is 18.5 Å². The molecule has 1 aromatic heterocycles. The number of nitro groups is 1. The van der Waals surface area contributed by atoms with Crippen LogP contribution in [0.5, 0.6) is 0 Å². The smallest absolute Gasteiger partial charge is 0.333 e. The first-order chi connectivity index (χ1) is 8.59. The predicted octanol–water partition coefficient (Wildman–Crippen LogP) is 1.64. The Morgan fingerprint density at radius 1 is 1.33 bits per heavy atom. The predicted molar refractivity (Wildman–Crippen MR) is 65.7 cm³/mol. The molecule has 2 aromatic rings. The van der Waals surface area contributed by atoms with Crippen molar-refractivity contribution in [1.29, 1.82) is 0 Å². The zero-order valence-electron chi connectivity index (χ0n) is 9.66. The van der Waals surface area contributed by atoms with E-state index in [4.69, 9.17) is 0 Å². The van der Waals surface area contributed by atoms with E-state index in [1.54, 1.807) is 18.2 Å². The third-order valence-electron chi connectivity index (χ3n) is 2.52. The number of hydrogen-bond donors (Lipinski definition) is 1. The van der Waals surface area contributed by atoms with Crippen LogP contribution in [0.1, 0.15) is 5.56 Å². The first-order valence-corrected chi connectivity index (χ1v) is 5.29. The van der Waals surface area contributed by atoms with Gasteiger partial charge in [-0.05, 0) is 18.6 Å². The molecular weight excluding hydrogens is 234 g/mol. The molecule has 2 rings (SSSR count). The SMILES string of the molecule is Cc1cccc([NH+]([O-])c2cnccc2[N+](=O)[O-])c1. The molecule has 1 atom stereocenters. The summed E-state index contributed by atoms with van der Waals surface area (Å²) in [5.41, 5.74) is 1.13. The summed E-state index contributed by atoms with van der Waals surface area (Å²) in [4.78, 5) is 14.0. The third-order valence-corrected chi connectivity index (χ3v) is 2.52. The van der Waals surface area contributed by atoms with Crippen molar-refractivity contribution in [1.82, 2.24) is 4.98 Å². The number of pyridine rings is 1. The highest BCUT2D eigenvalue weighted by Gasteiger charge is 2.20. The van der Waals surface area contributed by atoms with Crippen molar-refractivity contribution in [3.05, 3.63) is 63.6 Å². The van der Waals surface area contributed by atoms with E-state index in [1.807, 2.05) is 13.0 Å². The van der Waals surface area contributed by atoms with Gasteiger partial charge in [0, 0.05) is 18.3 Å². The highest BCUT2D eigenvalue weighted by atomic mass is 16.6. The van der Waals surface area contributed by atoms with Gasteiger partial charge in [-0.3, -0.25) is 15.1 Å². The van der Waals surface area contributed by atoms with Gasteiger partial charge in [0.05, 0.1) is 11.1 Å². The fourth-order valence-corrected chi connectivity index (χ4v) is 1.66. The highest BCUT2D eigenvalue weighted by molar-refractivity contribution is 5.52. The van der Waals surface area contributed by atoms with Crippen molar-refractivity contribution in [2.75, 3.05) is 0 Å². The Bertz CT molecular complexity index is 586. The van der Waals surface area contributed by atoms with Crippen LogP contribution in [0.2, 0.25) is 0 Å². The van der Waals surface area contributed by atoms with Crippen molar-refractivity contribution in [2.45, 2.75) is 6.92 Å². The zero-order chi connectivity index (χ0) is 13.1. The number of benzene rings is 1. The topological polar surface area (TPSA) is 83.5 Å². The molecule has 0 aliphatic heterocycles. The Kier molecular flexibility index (Phi) is 3.31. The summed E-state index contributed by atoms with van der Waals surface area (Å²) in [6.45, 7) is 1.86. The van der Waals surface area contributed by atoms with Gasteiger partial charge < -0.3 is 10.3 Å². The van der Waals surface area contributed by atoms with E-state index in [0.29, 0.717) is 5.69 Å². The minimum atomic E-state index is -0.579. The average molecular weight is 245 g/mol. The molecule has 6 heteroatoms. The minimum absolute atomic E-state index is 0.00750. The molecule has 18 heavy (non-hydrogen) atoms. The minimum Gasteiger partial charge on any atom is -0.623 e. The lowest BCUT2D eigenvalue weighted by Gasteiger charge is -2.20. The molecule has 6 nitrogen and oxygen atoms in total. The van der Waals surface area contributed by atoms with Crippen LogP contribution < -0.4 is 5.06 Å². The highest BCUT2D eigenvalue weighted by Crippen LogP contribution is 2.20. The van der Waals surface area contributed by atoms with Crippen molar-refractivity contribution in [2.24, 2.45) is 0 Å². The molecule has 1 N–H and O–H groups in total. The molecule has 0 saturated heterocycles.